The van der Waals surface area contributed by atoms with Gasteiger partial charge >= 0.3 is 12.2 Å². The van der Waals surface area contributed by atoms with Gasteiger partial charge in [0.2, 0.25) is 0 Å². The van der Waals surface area contributed by atoms with Gasteiger partial charge in [0.05, 0.1) is 24.7 Å². The highest BCUT2D eigenvalue weighted by Gasteiger charge is 2.46. The molecule has 0 aromatic carbocycles. The van der Waals surface area contributed by atoms with E-state index in [4.69, 9.17) is 9.47 Å². The topological polar surface area (TPSA) is 77.3 Å². The molecule has 22 heavy (non-hydrogen) atoms. The Hall–Kier alpha value is -1.54. The molecule has 0 N–H and O–H groups in total. The third-order valence-electron chi connectivity index (χ3n) is 4.52. The Morgan fingerprint density at radius 3 is 1.27 bits per heavy atom. The van der Waals surface area contributed by atoms with Gasteiger partial charge in [0.25, 0.3) is 0 Å². The van der Waals surface area contributed by atoms with Gasteiger partial charge in [-0.1, -0.05) is 9.18 Å². The van der Waals surface area contributed by atoms with Crippen LogP contribution in [0.15, 0.2) is 10.4 Å². The molecule has 0 radical (unpaired) electrons. The quantitative estimate of drug-likeness (QED) is 0.644. The van der Waals surface area contributed by atoms with Crippen molar-refractivity contribution in [2.75, 3.05) is 40.4 Å². The van der Waals surface area contributed by atoms with Crippen molar-refractivity contribution < 1.29 is 28.2 Å². The molecular weight excluding hydrogens is 288 g/mol. The van der Waals surface area contributed by atoms with Crippen molar-refractivity contribution in [1.29, 1.82) is 0 Å². The summed E-state index contributed by atoms with van der Waals surface area (Å²) in [7, 11) is 2.74. The molecule has 0 fully saturated rings. The Morgan fingerprint density at radius 2 is 1.00 bits per heavy atom. The summed E-state index contributed by atoms with van der Waals surface area (Å²) in [5, 5.41) is 8.66. The number of amides is 2. The van der Waals surface area contributed by atoms with Crippen molar-refractivity contribution in [2.45, 2.75) is 38.5 Å². The van der Waals surface area contributed by atoms with E-state index >= 15 is 0 Å². The molecule has 2 aliphatic rings. The monoisotopic (exact) mass is 314 g/mol. The van der Waals surface area contributed by atoms with E-state index in [-0.39, 0.29) is 9.18 Å². The number of hydrogen-bond donors (Lipinski definition) is 0. The lowest BCUT2D eigenvalue weighted by Gasteiger charge is -2.26. The van der Waals surface area contributed by atoms with E-state index in [9.17, 15) is 9.59 Å². The SMILES string of the molecule is COC(=O)[N+]12CCCCC[N+](C(=O)OC)(CCCCC1)N=N2. The van der Waals surface area contributed by atoms with Crippen molar-refractivity contribution >= 4 is 12.2 Å². The van der Waals surface area contributed by atoms with E-state index in [1.807, 2.05) is 0 Å². The average Bonchev–Trinajstić information content (AvgIpc) is 2.69. The van der Waals surface area contributed by atoms with Gasteiger partial charge in [-0.15, -0.1) is 0 Å². The van der Waals surface area contributed by atoms with Crippen molar-refractivity contribution in [2.24, 2.45) is 10.4 Å². The summed E-state index contributed by atoms with van der Waals surface area (Å²) in [6.07, 6.45) is 4.47. The Kier molecular flexibility index (Phi) is 5.47. The zero-order valence-electron chi connectivity index (χ0n) is 13.5. The first kappa shape index (κ1) is 16.8. The van der Waals surface area contributed by atoms with E-state index in [2.05, 4.69) is 10.4 Å². The number of hydrogen-bond acceptors (Lipinski definition) is 6. The lowest BCUT2D eigenvalue weighted by Crippen LogP contribution is -2.51. The molecular formula is C14H26N4O4+2. The maximum atomic E-state index is 12.3. The molecule has 2 amide bonds. The van der Waals surface area contributed by atoms with Crippen LogP contribution in [0.2, 0.25) is 0 Å². The molecule has 0 unspecified atom stereocenters. The Bertz CT molecular complexity index is 400. The standard InChI is InChI=1S/C14H26N4O4/c1-21-13(19)17-9-5-3-7-11-18(16-15-17,14(20)22-2)12-8-4-6-10-17/h3-12H2,1-2H3/q+2. The predicted molar refractivity (Wildman–Crippen MR) is 77.4 cm³/mol. The minimum atomic E-state index is -0.407. The zero-order chi connectivity index (χ0) is 16.1. The van der Waals surface area contributed by atoms with Crippen LogP contribution in [0.3, 0.4) is 0 Å². The summed E-state index contributed by atoms with van der Waals surface area (Å²) in [4.78, 5) is 24.6. The summed E-state index contributed by atoms with van der Waals surface area (Å²) in [5.74, 6) is 0. The first-order chi connectivity index (χ1) is 10.6. The molecule has 2 aliphatic heterocycles. The second-order valence-electron chi connectivity index (χ2n) is 5.98. The van der Waals surface area contributed by atoms with Gasteiger partial charge in [-0.05, 0) is 38.5 Å². The fraction of sp³-hybridized carbons (Fsp3) is 0.857. The molecule has 124 valence electrons. The molecule has 0 spiro atoms. The summed E-state index contributed by atoms with van der Waals surface area (Å²) >= 11 is 0. The molecule has 8 heteroatoms. The number of quaternary nitrogens is 2. The van der Waals surface area contributed by atoms with E-state index < -0.39 is 12.2 Å². The summed E-state index contributed by atoms with van der Waals surface area (Å²) in [5.41, 5.74) is 0. The van der Waals surface area contributed by atoms with Crippen LogP contribution in [0.25, 0.3) is 0 Å². The molecule has 0 aromatic heterocycles. The van der Waals surface area contributed by atoms with E-state index in [0.717, 1.165) is 38.5 Å². The molecule has 8 nitrogen and oxygen atoms in total. The number of carbonyl (C=O) groups excluding carboxylic acids is 2. The summed E-state index contributed by atoms with van der Waals surface area (Å²) < 4.78 is 9.57. The number of carbonyl (C=O) groups is 2. The van der Waals surface area contributed by atoms with Gasteiger partial charge < -0.3 is 9.47 Å². The average molecular weight is 314 g/mol. The largest absolute Gasteiger partial charge is 0.544 e. The van der Waals surface area contributed by atoms with E-state index in [1.54, 1.807) is 0 Å². The molecule has 0 aliphatic carbocycles. The highest BCUT2D eigenvalue weighted by molar-refractivity contribution is 5.59. The van der Waals surface area contributed by atoms with Gasteiger partial charge in [0.1, 0.15) is 26.2 Å². The summed E-state index contributed by atoms with van der Waals surface area (Å²) in [6, 6.07) is 0. The normalized spacial score (nSPS) is 32.6. The van der Waals surface area contributed by atoms with E-state index in [0.29, 0.717) is 26.2 Å². The predicted octanol–water partition coefficient (Wildman–Crippen LogP) is 2.80. The number of ether oxygens (including phenoxy) is 2. The van der Waals surface area contributed by atoms with Crippen LogP contribution >= 0.6 is 0 Å². The fourth-order valence-electron chi connectivity index (χ4n) is 3.18. The second kappa shape index (κ2) is 7.15. The van der Waals surface area contributed by atoms with Crippen LogP contribution in [0.5, 0.6) is 0 Å². The molecule has 2 bridgehead atoms. The first-order valence-electron chi connectivity index (χ1n) is 7.95. The van der Waals surface area contributed by atoms with Gasteiger partial charge in [-0.25, -0.2) is 0 Å². The molecule has 0 aromatic rings. The highest BCUT2D eigenvalue weighted by Crippen LogP contribution is 2.26. The van der Waals surface area contributed by atoms with Crippen LogP contribution < -0.4 is 0 Å². The van der Waals surface area contributed by atoms with Gasteiger partial charge in [-0.3, -0.25) is 0 Å². The van der Waals surface area contributed by atoms with E-state index in [1.165, 1.54) is 14.2 Å². The smallest absolute Gasteiger partial charge is 0.422 e. The second-order valence-corrected chi connectivity index (χ2v) is 5.98. The highest BCUT2D eigenvalue weighted by atomic mass is 16.6. The van der Waals surface area contributed by atoms with Crippen LogP contribution in [0.4, 0.5) is 9.59 Å². The van der Waals surface area contributed by atoms with Gasteiger partial charge in [-0.2, -0.15) is 9.59 Å². The third kappa shape index (κ3) is 3.27. The number of fused-ring (bicyclic) bond motifs is 2. The maximum Gasteiger partial charge on any atom is 0.544 e. The number of methoxy groups -OCH3 is 2. The molecule has 2 rings (SSSR count). The molecule has 0 saturated heterocycles. The van der Waals surface area contributed by atoms with Crippen molar-refractivity contribution in [3.05, 3.63) is 0 Å². The lowest BCUT2D eigenvalue weighted by atomic mass is 10.1. The third-order valence-corrected chi connectivity index (χ3v) is 4.52. The maximum absolute atomic E-state index is 12.3. The lowest BCUT2D eigenvalue weighted by molar-refractivity contribution is -0.913. The fourth-order valence-corrected chi connectivity index (χ4v) is 3.18. The van der Waals surface area contributed by atoms with Crippen LogP contribution in [0.1, 0.15) is 38.5 Å². The first-order valence-corrected chi connectivity index (χ1v) is 7.95. The Labute approximate surface area is 130 Å². The summed E-state index contributed by atoms with van der Waals surface area (Å²) in [6.45, 7) is 2.27. The Balaban J connectivity index is 2.45. The molecule has 2 heterocycles. The van der Waals surface area contributed by atoms with Gasteiger partial charge in [0, 0.05) is 0 Å². The van der Waals surface area contributed by atoms with Crippen LogP contribution in [-0.2, 0) is 9.47 Å². The number of nitrogens with zero attached hydrogens (tertiary/aromatic N) is 4. The minimum Gasteiger partial charge on any atom is -0.422 e. The number of rotatable bonds is 0. The van der Waals surface area contributed by atoms with Crippen molar-refractivity contribution in [1.82, 2.24) is 0 Å². The van der Waals surface area contributed by atoms with Crippen molar-refractivity contribution in [3.63, 3.8) is 0 Å². The van der Waals surface area contributed by atoms with Crippen LogP contribution in [-0.4, -0.2) is 61.8 Å². The molecule has 0 saturated carbocycles. The Morgan fingerprint density at radius 1 is 0.682 bits per heavy atom. The molecule has 0 atom stereocenters. The zero-order valence-corrected chi connectivity index (χ0v) is 13.5. The van der Waals surface area contributed by atoms with Gasteiger partial charge in [0.15, 0.2) is 0 Å². The minimum absolute atomic E-state index is 0.173. The van der Waals surface area contributed by atoms with Crippen molar-refractivity contribution in [3.8, 4) is 0 Å². The van der Waals surface area contributed by atoms with Crippen LogP contribution in [0, 0.1) is 0 Å².